The Balaban J connectivity index is 1.56. The molecule has 0 saturated heterocycles. The molecular formula is C25H24N4O2S2. The fourth-order valence-corrected chi connectivity index (χ4v) is 4.93. The standard InChI is InChI=1S/C25H24N4O2S2/c1-3-31-24(30)22-21(19-10-5-4-6-11-19)17(2)33-23(22)28-25(32)27-20-12-7-9-18(15-20)16-29-14-8-13-26-29/h4-15H,3,16H2,1-2H3,(H2,27,28,32). The Hall–Kier alpha value is -3.49. The van der Waals surface area contributed by atoms with E-state index in [2.05, 4.69) is 15.7 Å². The first kappa shape index (κ1) is 22.7. The van der Waals surface area contributed by atoms with E-state index in [9.17, 15) is 4.79 Å². The average molecular weight is 477 g/mol. The first-order valence-electron chi connectivity index (χ1n) is 10.6. The molecule has 0 saturated carbocycles. The number of carbonyl (C=O) groups is 1. The number of esters is 1. The van der Waals surface area contributed by atoms with E-state index in [0.29, 0.717) is 28.8 Å². The largest absolute Gasteiger partial charge is 0.462 e. The van der Waals surface area contributed by atoms with Crippen molar-refractivity contribution in [1.82, 2.24) is 9.78 Å². The fourth-order valence-electron chi connectivity index (χ4n) is 3.58. The monoisotopic (exact) mass is 476 g/mol. The molecule has 0 radical (unpaired) electrons. The molecule has 33 heavy (non-hydrogen) atoms. The Labute approximate surface area is 202 Å². The molecule has 0 aliphatic rings. The SMILES string of the molecule is CCOC(=O)c1c(NC(=S)Nc2cccc(Cn3cccn3)c2)sc(C)c1-c1ccccc1. The number of nitrogens with zero attached hydrogens (tertiary/aromatic N) is 2. The van der Waals surface area contributed by atoms with E-state index in [1.807, 2.05) is 78.5 Å². The number of aromatic nitrogens is 2. The minimum absolute atomic E-state index is 0.299. The molecule has 4 aromatic rings. The summed E-state index contributed by atoms with van der Waals surface area (Å²) in [7, 11) is 0. The summed E-state index contributed by atoms with van der Waals surface area (Å²) in [5, 5.41) is 11.8. The average Bonchev–Trinajstić information content (AvgIpc) is 3.42. The summed E-state index contributed by atoms with van der Waals surface area (Å²) in [5.74, 6) is -0.368. The van der Waals surface area contributed by atoms with Crippen LogP contribution in [-0.4, -0.2) is 27.5 Å². The van der Waals surface area contributed by atoms with Gasteiger partial charge in [-0.3, -0.25) is 4.68 Å². The minimum atomic E-state index is -0.368. The van der Waals surface area contributed by atoms with Gasteiger partial charge in [-0.2, -0.15) is 5.10 Å². The van der Waals surface area contributed by atoms with Crippen molar-refractivity contribution >= 4 is 45.3 Å². The molecule has 0 aliphatic carbocycles. The number of thiocarbonyl (C=S) groups is 1. The zero-order valence-electron chi connectivity index (χ0n) is 18.4. The van der Waals surface area contributed by atoms with Gasteiger partial charge in [-0.15, -0.1) is 11.3 Å². The summed E-state index contributed by atoms with van der Waals surface area (Å²) >= 11 is 7.06. The number of anilines is 2. The first-order chi connectivity index (χ1) is 16.0. The lowest BCUT2D eigenvalue weighted by atomic mass is 10.0. The van der Waals surface area contributed by atoms with E-state index in [0.717, 1.165) is 27.3 Å². The molecule has 2 aromatic carbocycles. The molecule has 0 unspecified atom stereocenters. The maximum Gasteiger partial charge on any atom is 0.341 e. The van der Waals surface area contributed by atoms with Crippen LogP contribution in [0.2, 0.25) is 0 Å². The van der Waals surface area contributed by atoms with Gasteiger partial charge in [-0.25, -0.2) is 4.79 Å². The number of ether oxygens (including phenoxy) is 1. The van der Waals surface area contributed by atoms with Gasteiger partial charge in [-0.05, 0) is 55.4 Å². The molecule has 8 heteroatoms. The second-order valence-corrected chi connectivity index (χ2v) is 8.94. The molecule has 2 aromatic heterocycles. The third kappa shape index (κ3) is 5.47. The molecule has 4 rings (SSSR count). The Morgan fingerprint density at radius 1 is 1.12 bits per heavy atom. The Morgan fingerprint density at radius 3 is 2.67 bits per heavy atom. The molecule has 0 fully saturated rings. The Bertz CT molecular complexity index is 1250. The highest BCUT2D eigenvalue weighted by atomic mass is 32.1. The highest BCUT2D eigenvalue weighted by Crippen LogP contribution is 2.40. The highest BCUT2D eigenvalue weighted by Gasteiger charge is 2.24. The van der Waals surface area contributed by atoms with E-state index in [1.54, 1.807) is 13.1 Å². The van der Waals surface area contributed by atoms with E-state index in [1.165, 1.54) is 11.3 Å². The number of carbonyl (C=O) groups excluding carboxylic acids is 1. The van der Waals surface area contributed by atoms with E-state index in [-0.39, 0.29) is 5.97 Å². The summed E-state index contributed by atoms with van der Waals surface area (Å²) < 4.78 is 7.23. The molecular weight excluding hydrogens is 452 g/mol. The van der Waals surface area contributed by atoms with E-state index in [4.69, 9.17) is 17.0 Å². The molecule has 0 atom stereocenters. The highest BCUT2D eigenvalue weighted by molar-refractivity contribution is 7.80. The van der Waals surface area contributed by atoms with Crippen LogP contribution in [0.3, 0.4) is 0 Å². The minimum Gasteiger partial charge on any atom is -0.462 e. The molecule has 2 N–H and O–H groups in total. The van der Waals surface area contributed by atoms with Gasteiger partial charge in [0, 0.05) is 28.5 Å². The van der Waals surface area contributed by atoms with Gasteiger partial charge in [0.25, 0.3) is 0 Å². The van der Waals surface area contributed by atoms with Crippen LogP contribution in [0, 0.1) is 6.92 Å². The zero-order valence-corrected chi connectivity index (χ0v) is 20.0. The molecule has 0 spiro atoms. The second-order valence-electron chi connectivity index (χ2n) is 7.31. The molecule has 2 heterocycles. The summed E-state index contributed by atoms with van der Waals surface area (Å²) in [6.07, 6.45) is 3.68. The number of rotatable bonds is 7. The normalized spacial score (nSPS) is 10.6. The summed E-state index contributed by atoms with van der Waals surface area (Å²) in [4.78, 5) is 13.9. The quantitative estimate of drug-likeness (QED) is 0.254. The van der Waals surface area contributed by atoms with Crippen LogP contribution < -0.4 is 10.6 Å². The number of nitrogens with one attached hydrogen (secondary N) is 2. The second kappa shape index (κ2) is 10.4. The van der Waals surface area contributed by atoms with Crippen LogP contribution in [0.4, 0.5) is 10.7 Å². The maximum atomic E-state index is 12.9. The van der Waals surface area contributed by atoms with Gasteiger partial charge in [0.1, 0.15) is 10.6 Å². The topological polar surface area (TPSA) is 68.2 Å². The number of benzene rings is 2. The third-order valence-corrected chi connectivity index (χ3v) is 6.17. The predicted molar refractivity (Wildman–Crippen MR) is 138 cm³/mol. The summed E-state index contributed by atoms with van der Waals surface area (Å²) in [5.41, 5.74) is 4.28. The van der Waals surface area contributed by atoms with Gasteiger partial charge in [0.05, 0.1) is 13.2 Å². The lowest BCUT2D eigenvalue weighted by Crippen LogP contribution is -2.20. The molecule has 0 amide bonds. The van der Waals surface area contributed by atoms with Gasteiger partial charge in [0.15, 0.2) is 5.11 Å². The number of aryl methyl sites for hydroxylation is 1. The lowest BCUT2D eigenvalue weighted by Gasteiger charge is -2.13. The summed E-state index contributed by atoms with van der Waals surface area (Å²) in [6, 6.07) is 19.7. The van der Waals surface area contributed by atoms with Crippen molar-refractivity contribution in [2.24, 2.45) is 0 Å². The Kier molecular flexibility index (Phi) is 7.16. The number of hydrogen-bond donors (Lipinski definition) is 2. The molecule has 0 aliphatic heterocycles. The summed E-state index contributed by atoms with van der Waals surface area (Å²) in [6.45, 7) is 4.76. The van der Waals surface area contributed by atoms with Crippen molar-refractivity contribution in [2.45, 2.75) is 20.4 Å². The van der Waals surface area contributed by atoms with Crippen molar-refractivity contribution in [3.8, 4) is 11.1 Å². The zero-order chi connectivity index (χ0) is 23.2. The molecule has 0 bridgehead atoms. The van der Waals surface area contributed by atoms with Crippen LogP contribution in [0.1, 0.15) is 27.7 Å². The van der Waals surface area contributed by atoms with Crippen molar-refractivity contribution in [2.75, 3.05) is 17.2 Å². The number of thiophene rings is 1. The van der Waals surface area contributed by atoms with Crippen LogP contribution >= 0.6 is 23.6 Å². The lowest BCUT2D eigenvalue weighted by molar-refractivity contribution is 0.0529. The van der Waals surface area contributed by atoms with Crippen LogP contribution in [-0.2, 0) is 11.3 Å². The predicted octanol–water partition coefficient (Wildman–Crippen LogP) is 5.95. The third-order valence-electron chi connectivity index (χ3n) is 4.94. The number of hydrogen-bond acceptors (Lipinski definition) is 5. The van der Waals surface area contributed by atoms with Crippen molar-refractivity contribution in [1.29, 1.82) is 0 Å². The maximum absolute atomic E-state index is 12.9. The van der Waals surface area contributed by atoms with Crippen LogP contribution in [0.25, 0.3) is 11.1 Å². The van der Waals surface area contributed by atoms with Crippen molar-refractivity contribution in [3.05, 3.63) is 89.1 Å². The van der Waals surface area contributed by atoms with E-state index >= 15 is 0 Å². The van der Waals surface area contributed by atoms with E-state index < -0.39 is 0 Å². The first-order valence-corrected chi connectivity index (χ1v) is 11.8. The molecule has 6 nitrogen and oxygen atoms in total. The molecule has 168 valence electrons. The van der Waals surface area contributed by atoms with Gasteiger partial charge in [-0.1, -0.05) is 42.5 Å². The van der Waals surface area contributed by atoms with Crippen molar-refractivity contribution in [3.63, 3.8) is 0 Å². The van der Waals surface area contributed by atoms with Gasteiger partial charge in [0.2, 0.25) is 0 Å². The van der Waals surface area contributed by atoms with Gasteiger partial charge < -0.3 is 15.4 Å². The van der Waals surface area contributed by atoms with Gasteiger partial charge >= 0.3 is 5.97 Å². The fraction of sp³-hybridized carbons (Fsp3) is 0.160. The van der Waals surface area contributed by atoms with Crippen molar-refractivity contribution < 1.29 is 9.53 Å². The van der Waals surface area contributed by atoms with Crippen LogP contribution in [0.15, 0.2) is 73.1 Å². The Morgan fingerprint density at radius 2 is 1.94 bits per heavy atom. The van der Waals surface area contributed by atoms with Crippen LogP contribution in [0.5, 0.6) is 0 Å². The smallest absolute Gasteiger partial charge is 0.341 e.